The number of aliphatic hydroxyl groups is 1. The van der Waals surface area contributed by atoms with Crippen LogP contribution < -0.4 is 0 Å². The normalized spacial score (nSPS) is 12.6. The van der Waals surface area contributed by atoms with Crippen molar-refractivity contribution in [1.29, 1.82) is 0 Å². The molecule has 1 heterocycles. The van der Waals surface area contributed by atoms with E-state index in [0.29, 0.717) is 18.4 Å². The van der Waals surface area contributed by atoms with Crippen LogP contribution in [-0.2, 0) is 12.8 Å². The van der Waals surface area contributed by atoms with Crippen molar-refractivity contribution in [2.75, 3.05) is 0 Å². The highest BCUT2D eigenvalue weighted by molar-refractivity contribution is 9.10. The summed E-state index contributed by atoms with van der Waals surface area (Å²) in [6, 6.07) is 8.71. The van der Waals surface area contributed by atoms with Crippen molar-refractivity contribution in [3.8, 4) is 0 Å². The van der Waals surface area contributed by atoms with Crippen molar-refractivity contribution < 1.29 is 9.50 Å². The zero-order chi connectivity index (χ0) is 12.3. The maximum Gasteiger partial charge on any atom is 0.126 e. The quantitative estimate of drug-likeness (QED) is 0.910. The molecular weight excluding hydrogens is 303 g/mol. The smallest absolute Gasteiger partial charge is 0.126 e. The highest BCUT2D eigenvalue weighted by Gasteiger charge is 2.11. The number of thiophene rings is 1. The van der Waals surface area contributed by atoms with Gasteiger partial charge in [0, 0.05) is 22.2 Å². The van der Waals surface area contributed by atoms with Crippen molar-refractivity contribution in [2.24, 2.45) is 0 Å². The van der Waals surface area contributed by atoms with Gasteiger partial charge in [0.05, 0.1) is 6.10 Å². The summed E-state index contributed by atoms with van der Waals surface area (Å²) in [4.78, 5) is 1.12. The van der Waals surface area contributed by atoms with Gasteiger partial charge in [-0.1, -0.05) is 22.0 Å². The topological polar surface area (TPSA) is 20.2 Å². The van der Waals surface area contributed by atoms with Crippen LogP contribution in [0.5, 0.6) is 0 Å². The van der Waals surface area contributed by atoms with E-state index in [1.54, 1.807) is 23.5 Å². The van der Waals surface area contributed by atoms with Crippen molar-refractivity contribution in [3.63, 3.8) is 0 Å². The maximum absolute atomic E-state index is 13.5. The molecule has 1 atom stereocenters. The molecule has 0 aliphatic heterocycles. The summed E-state index contributed by atoms with van der Waals surface area (Å²) in [5, 5.41) is 11.9. The van der Waals surface area contributed by atoms with Crippen molar-refractivity contribution in [2.45, 2.75) is 18.9 Å². The highest BCUT2D eigenvalue weighted by atomic mass is 79.9. The first-order valence-electron chi connectivity index (χ1n) is 5.29. The Balaban J connectivity index is 2.02. The van der Waals surface area contributed by atoms with E-state index in [1.165, 1.54) is 6.07 Å². The number of rotatable bonds is 4. The van der Waals surface area contributed by atoms with E-state index < -0.39 is 6.10 Å². The van der Waals surface area contributed by atoms with E-state index in [1.807, 2.05) is 17.5 Å². The average Bonchev–Trinajstić information content (AvgIpc) is 2.76. The Labute approximate surface area is 112 Å². The highest BCUT2D eigenvalue weighted by Crippen LogP contribution is 2.19. The van der Waals surface area contributed by atoms with Gasteiger partial charge in [0.25, 0.3) is 0 Å². The summed E-state index contributed by atoms with van der Waals surface area (Å²) < 4.78 is 14.3. The zero-order valence-electron chi connectivity index (χ0n) is 9.07. The van der Waals surface area contributed by atoms with Gasteiger partial charge in [-0.25, -0.2) is 4.39 Å². The molecule has 0 amide bonds. The van der Waals surface area contributed by atoms with Crippen molar-refractivity contribution in [3.05, 3.63) is 56.4 Å². The second-order valence-electron chi connectivity index (χ2n) is 3.88. The van der Waals surface area contributed by atoms with Gasteiger partial charge in [-0.2, -0.15) is 0 Å². The molecule has 1 aromatic heterocycles. The van der Waals surface area contributed by atoms with E-state index >= 15 is 0 Å². The summed E-state index contributed by atoms with van der Waals surface area (Å²) >= 11 is 4.91. The van der Waals surface area contributed by atoms with Crippen LogP contribution in [-0.4, -0.2) is 11.2 Å². The molecule has 0 fully saturated rings. The van der Waals surface area contributed by atoms with Crippen LogP contribution in [0.15, 0.2) is 40.2 Å². The third kappa shape index (κ3) is 3.63. The van der Waals surface area contributed by atoms with Gasteiger partial charge in [-0.3, -0.25) is 0 Å². The summed E-state index contributed by atoms with van der Waals surface area (Å²) in [5.74, 6) is -0.265. The lowest BCUT2D eigenvalue weighted by Gasteiger charge is -2.10. The fraction of sp³-hybridized carbons (Fsp3) is 0.231. The molecule has 2 rings (SSSR count). The van der Waals surface area contributed by atoms with E-state index in [-0.39, 0.29) is 5.82 Å². The molecule has 1 nitrogen and oxygen atoms in total. The molecule has 17 heavy (non-hydrogen) atoms. The number of hydrogen-bond donors (Lipinski definition) is 1. The lowest BCUT2D eigenvalue weighted by molar-refractivity contribution is 0.175. The van der Waals surface area contributed by atoms with Gasteiger partial charge >= 0.3 is 0 Å². The maximum atomic E-state index is 13.5. The third-order valence-electron chi connectivity index (χ3n) is 2.48. The second-order valence-corrected chi connectivity index (χ2v) is 5.83. The number of hydrogen-bond acceptors (Lipinski definition) is 2. The molecule has 0 spiro atoms. The van der Waals surface area contributed by atoms with Crippen LogP contribution in [0.25, 0.3) is 0 Å². The van der Waals surface area contributed by atoms with E-state index in [2.05, 4.69) is 15.9 Å². The zero-order valence-corrected chi connectivity index (χ0v) is 11.5. The Morgan fingerprint density at radius 2 is 2.12 bits per heavy atom. The Kier molecular flexibility index (Phi) is 4.31. The van der Waals surface area contributed by atoms with Crippen molar-refractivity contribution in [1.82, 2.24) is 0 Å². The first-order valence-corrected chi connectivity index (χ1v) is 6.97. The lowest BCUT2D eigenvalue weighted by atomic mass is 10.0. The van der Waals surface area contributed by atoms with Gasteiger partial charge in [0.1, 0.15) is 5.82 Å². The predicted octanol–water partition coefficient (Wildman–Crippen LogP) is 3.80. The minimum absolute atomic E-state index is 0.265. The van der Waals surface area contributed by atoms with E-state index in [9.17, 15) is 9.50 Å². The van der Waals surface area contributed by atoms with Crippen LogP contribution in [0.4, 0.5) is 4.39 Å². The van der Waals surface area contributed by atoms with Gasteiger partial charge in [0.15, 0.2) is 0 Å². The Bertz CT molecular complexity index is 484. The standard InChI is InChI=1S/C13H12BrFOS/c14-10-3-4-13(15)9(6-10)7-11(16)8-12-2-1-5-17-12/h1-6,11,16H,7-8H2. The first-order chi connectivity index (χ1) is 8.15. The predicted molar refractivity (Wildman–Crippen MR) is 71.8 cm³/mol. The van der Waals surface area contributed by atoms with Crippen LogP contribution in [0.2, 0.25) is 0 Å². The van der Waals surface area contributed by atoms with Crippen LogP contribution in [0.3, 0.4) is 0 Å². The molecule has 2 aromatic rings. The minimum atomic E-state index is -0.544. The average molecular weight is 315 g/mol. The van der Waals surface area contributed by atoms with Gasteiger partial charge in [-0.15, -0.1) is 11.3 Å². The molecule has 0 saturated heterocycles. The summed E-state index contributed by atoms with van der Waals surface area (Å²) in [5.41, 5.74) is 0.545. The molecular formula is C13H12BrFOS. The summed E-state index contributed by atoms with van der Waals surface area (Å²) in [6.45, 7) is 0. The first kappa shape index (κ1) is 12.7. The molecule has 0 saturated carbocycles. The minimum Gasteiger partial charge on any atom is -0.392 e. The van der Waals surface area contributed by atoms with E-state index in [4.69, 9.17) is 0 Å². The Morgan fingerprint density at radius 3 is 2.82 bits per heavy atom. The Morgan fingerprint density at radius 1 is 1.29 bits per heavy atom. The molecule has 1 unspecified atom stereocenters. The number of benzene rings is 1. The fourth-order valence-corrected chi connectivity index (χ4v) is 2.87. The third-order valence-corrected chi connectivity index (χ3v) is 3.87. The molecule has 1 N–H and O–H groups in total. The Hall–Kier alpha value is -0.710. The molecule has 0 aliphatic rings. The van der Waals surface area contributed by atoms with E-state index in [0.717, 1.165) is 9.35 Å². The lowest BCUT2D eigenvalue weighted by Crippen LogP contribution is -2.14. The summed E-state index contributed by atoms with van der Waals surface area (Å²) in [6.07, 6.45) is 0.365. The number of aliphatic hydroxyl groups excluding tert-OH is 1. The van der Waals surface area contributed by atoms with Crippen molar-refractivity contribution >= 4 is 27.3 Å². The number of halogens is 2. The molecule has 0 radical (unpaired) electrons. The van der Waals surface area contributed by atoms with Gasteiger partial charge < -0.3 is 5.11 Å². The van der Waals surface area contributed by atoms with Crippen LogP contribution in [0, 0.1) is 5.82 Å². The second kappa shape index (κ2) is 5.76. The summed E-state index contributed by atoms with van der Waals surface area (Å²) in [7, 11) is 0. The molecule has 90 valence electrons. The largest absolute Gasteiger partial charge is 0.392 e. The fourth-order valence-electron chi connectivity index (χ4n) is 1.69. The monoisotopic (exact) mass is 314 g/mol. The van der Waals surface area contributed by atoms with Gasteiger partial charge in [0.2, 0.25) is 0 Å². The van der Waals surface area contributed by atoms with Crippen LogP contribution in [0.1, 0.15) is 10.4 Å². The molecule has 0 aliphatic carbocycles. The molecule has 0 bridgehead atoms. The van der Waals surface area contributed by atoms with Crippen LogP contribution >= 0.6 is 27.3 Å². The molecule has 1 aromatic carbocycles. The molecule has 4 heteroatoms. The van der Waals surface area contributed by atoms with Gasteiger partial charge in [-0.05, 0) is 35.2 Å². The SMILES string of the molecule is OC(Cc1cccs1)Cc1cc(Br)ccc1F.